The molecule has 0 heterocycles. The molecule has 1 unspecified atom stereocenters. The summed E-state index contributed by atoms with van der Waals surface area (Å²) in [5.41, 5.74) is 0.796. The van der Waals surface area contributed by atoms with E-state index < -0.39 is 0 Å². The maximum absolute atomic E-state index is 10.7. The molecular formula is C11H16N2O3. The van der Waals surface area contributed by atoms with Gasteiger partial charge in [0.1, 0.15) is 0 Å². The SMILES string of the molecule is CC(CO)CNCc1ccccc1[N+](=O)[O-]. The third kappa shape index (κ3) is 3.60. The molecule has 0 spiro atoms. The summed E-state index contributed by atoms with van der Waals surface area (Å²) in [6.07, 6.45) is 0. The lowest BCUT2D eigenvalue weighted by Gasteiger charge is -2.09. The molecule has 1 atom stereocenters. The molecule has 0 aromatic heterocycles. The van der Waals surface area contributed by atoms with Crippen LogP contribution < -0.4 is 5.32 Å². The summed E-state index contributed by atoms with van der Waals surface area (Å²) in [6.45, 7) is 3.11. The molecule has 16 heavy (non-hydrogen) atoms. The van der Waals surface area contributed by atoms with Gasteiger partial charge in [-0.2, -0.15) is 0 Å². The largest absolute Gasteiger partial charge is 0.396 e. The first-order chi connectivity index (χ1) is 7.65. The molecule has 0 amide bonds. The van der Waals surface area contributed by atoms with Crippen LogP contribution in [0.25, 0.3) is 0 Å². The second-order valence-corrected chi connectivity index (χ2v) is 3.80. The summed E-state index contributed by atoms with van der Waals surface area (Å²) in [5, 5.41) is 22.6. The maximum Gasteiger partial charge on any atom is 0.273 e. The number of hydrogen-bond donors (Lipinski definition) is 2. The number of hydrogen-bond acceptors (Lipinski definition) is 4. The Hall–Kier alpha value is -1.46. The average molecular weight is 224 g/mol. The van der Waals surface area contributed by atoms with Gasteiger partial charge in [-0.25, -0.2) is 0 Å². The van der Waals surface area contributed by atoms with Crippen LogP contribution in [-0.2, 0) is 6.54 Å². The van der Waals surface area contributed by atoms with Gasteiger partial charge in [0.05, 0.1) is 4.92 Å². The van der Waals surface area contributed by atoms with E-state index in [0.717, 1.165) is 0 Å². The van der Waals surface area contributed by atoms with Crippen molar-refractivity contribution < 1.29 is 10.0 Å². The van der Waals surface area contributed by atoms with Gasteiger partial charge in [-0.1, -0.05) is 25.1 Å². The Balaban J connectivity index is 2.56. The van der Waals surface area contributed by atoms with Gasteiger partial charge in [0.2, 0.25) is 0 Å². The van der Waals surface area contributed by atoms with Crippen LogP contribution in [0, 0.1) is 16.0 Å². The Labute approximate surface area is 94.3 Å². The van der Waals surface area contributed by atoms with Crippen LogP contribution in [0.15, 0.2) is 24.3 Å². The van der Waals surface area contributed by atoms with Crippen molar-refractivity contribution in [1.82, 2.24) is 5.32 Å². The van der Waals surface area contributed by atoms with E-state index in [1.165, 1.54) is 6.07 Å². The van der Waals surface area contributed by atoms with Gasteiger partial charge in [-0.05, 0) is 5.92 Å². The van der Waals surface area contributed by atoms with Gasteiger partial charge < -0.3 is 10.4 Å². The fourth-order valence-corrected chi connectivity index (χ4v) is 1.36. The van der Waals surface area contributed by atoms with Gasteiger partial charge in [-0.3, -0.25) is 10.1 Å². The van der Waals surface area contributed by atoms with Crippen molar-refractivity contribution in [2.75, 3.05) is 13.2 Å². The molecule has 0 fully saturated rings. The molecular weight excluding hydrogens is 208 g/mol. The highest BCUT2D eigenvalue weighted by molar-refractivity contribution is 5.39. The van der Waals surface area contributed by atoms with Gasteiger partial charge >= 0.3 is 0 Å². The average Bonchev–Trinajstić information content (AvgIpc) is 2.29. The molecule has 1 aromatic rings. The predicted octanol–water partition coefficient (Wildman–Crippen LogP) is 1.31. The van der Waals surface area contributed by atoms with Crippen molar-refractivity contribution in [3.63, 3.8) is 0 Å². The van der Waals surface area contributed by atoms with Gasteiger partial charge in [0.25, 0.3) is 5.69 Å². The molecule has 1 rings (SSSR count). The van der Waals surface area contributed by atoms with E-state index in [0.29, 0.717) is 18.7 Å². The zero-order chi connectivity index (χ0) is 12.0. The van der Waals surface area contributed by atoms with Crippen LogP contribution in [0.4, 0.5) is 5.69 Å². The number of para-hydroxylation sites is 1. The highest BCUT2D eigenvalue weighted by atomic mass is 16.6. The molecule has 0 bridgehead atoms. The standard InChI is InChI=1S/C11H16N2O3/c1-9(8-14)6-12-7-10-4-2-3-5-11(10)13(15)16/h2-5,9,12,14H,6-8H2,1H3. The zero-order valence-corrected chi connectivity index (χ0v) is 9.22. The fourth-order valence-electron chi connectivity index (χ4n) is 1.36. The highest BCUT2D eigenvalue weighted by Gasteiger charge is 2.11. The molecule has 0 aliphatic rings. The monoisotopic (exact) mass is 224 g/mol. The lowest BCUT2D eigenvalue weighted by atomic mass is 10.1. The van der Waals surface area contributed by atoms with Crippen LogP contribution in [0.5, 0.6) is 0 Å². The van der Waals surface area contributed by atoms with E-state index in [-0.39, 0.29) is 23.1 Å². The molecule has 0 aliphatic heterocycles. The van der Waals surface area contributed by atoms with Crippen molar-refractivity contribution in [2.24, 2.45) is 5.92 Å². The van der Waals surface area contributed by atoms with Crippen LogP contribution in [0.3, 0.4) is 0 Å². The van der Waals surface area contributed by atoms with Gasteiger partial charge in [0.15, 0.2) is 0 Å². The van der Waals surface area contributed by atoms with Crippen molar-refractivity contribution >= 4 is 5.69 Å². The summed E-state index contributed by atoms with van der Waals surface area (Å²) in [5.74, 6) is 0.155. The van der Waals surface area contributed by atoms with Gasteiger partial charge in [0, 0.05) is 31.3 Å². The van der Waals surface area contributed by atoms with Crippen LogP contribution in [0.2, 0.25) is 0 Å². The molecule has 5 heteroatoms. The number of nitro groups is 1. The summed E-state index contributed by atoms with van der Waals surface area (Å²) in [7, 11) is 0. The second-order valence-electron chi connectivity index (χ2n) is 3.80. The molecule has 0 aliphatic carbocycles. The van der Waals surface area contributed by atoms with Crippen molar-refractivity contribution in [3.8, 4) is 0 Å². The molecule has 0 radical (unpaired) electrons. The highest BCUT2D eigenvalue weighted by Crippen LogP contribution is 2.16. The molecule has 0 saturated heterocycles. The number of nitro benzene ring substituents is 1. The molecule has 1 aromatic carbocycles. The smallest absolute Gasteiger partial charge is 0.273 e. The maximum atomic E-state index is 10.7. The van der Waals surface area contributed by atoms with E-state index in [1.54, 1.807) is 18.2 Å². The topological polar surface area (TPSA) is 75.4 Å². The van der Waals surface area contributed by atoms with Crippen LogP contribution >= 0.6 is 0 Å². The fraction of sp³-hybridized carbons (Fsp3) is 0.455. The van der Waals surface area contributed by atoms with E-state index >= 15 is 0 Å². The minimum atomic E-state index is -0.382. The molecule has 5 nitrogen and oxygen atoms in total. The molecule has 0 saturated carbocycles. The number of benzene rings is 1. The van der Waals surface area contributed by atoms with E-state index in [2.05, 4.69) is 5.32 Å². The number of rotatable bonds is 6. The molecule has 88 valence electrons. The Morgan fingerprint density at radius 2 is 2.19 bits per heavy atom. The first-order valence-corrected chi connectivity index (χ1v) is 5.19. The summed E-state index contributed by atoms with van der Waals surface area (Å²) >= 11 is 0. The first-order valence-electron chi connectivity index (χ1n) is 5.19. The van der Waals surface area contributed by atoms with E-state index in [4.69, 9.17) is 5.11 Å². The second kappa shape index (κ2) is 6.19. The number of nitrogens with zero attached hydrogens (tertiary/aromatic N) is 1. The van der Waals surface area contributed by atoms with Crippen molar-refractivity contribution in [1.29, 1.82) is 0 Å². The number of nitrogens with one attached hydrogen (secondary N) is 1. The Bertz CT molecular complexity index is 355. The van der Waals surface area contributed by atoms with Crippen molar-refractivity contribution in [2.45, 2.75) is 13.5 Å². The normalized spacial score (nSPS) is 12.4. The van der Waals surface area contributed by atoms with Gasteiger partial charge in [-0.15, -0.1) is 0 Å². The quantitative estimate of drug-likeness (QED) is 0.564. The van der Waals surface area contributed by atoms with E-state index in [9.17, 15) is 10.1 Å². The minimum absolute atomic E-state index is 0.115. The van der Waals surface area contributed by atoms with Crippen LogP contribution in [0.1, 0.15) is 12.5 Å². The summed E-state index contributed by atoms with van der Waals surface area (Å²) < 4.78 is 0. The number of aliphatic hydroxyl groups is 1. The van der Waals surface area contributed by atoms with E-state index in [1.807, 2.05) is 6.92 Å². The predicted molar refractivity (Wildman–Crippen MR) is 61.1 cm³/mol. The third-order valence-corrected chi connectivity index (χ3v) is 2.31. The number of aliphatic hydroxyl groups excluding tert-OH is 1. The Morgan fingerprint density at radius 3 is 2.81 bits per heavy atom. The van der Waals surface area contributed by atoms with Crippen molar-refractivity contribution in [3.05, 3.63) is 39.9 Å². The third-order valence-electron chi connectivity index (χ3n) is 2.31. The summed E-state index contributed by atoms with van der Waals surface area (Å²) in [4.78, 5) is 10.3. The minimum Gasteiger partial charge on any atom is -0.396 e. The lowest BCUT2D eigenvalue weighted by Crippen LogP contribution is -2.23. The first kappa shape index (κ1) is 12.6. The Morgan fingerprint density at radius 1 is 1.50 bits per heavy atom. The van der Waals surface area contributed by atoms with Crippen LogP contribution in [-0.4, -0.2) is 23.2 Å². The lowest BCUT2D eigenvalue weighted by molar-refractivity contribution is -0.385. The molecule has 2 N–H and O–H groups in total. The Kier molecular flexibility index (Phi) is 4.88. The zero-order valence-electron chi connectivity index (χ0n) is 9.22. The summed E-state index contributed by atoms with van der Waals surface area (Å²) in [6, 6.07) is 6.65.